The van der Waals surface area contributed by atoms with Gasteiger partial charge < -0.3 is 10.3 Å². The summed E-state index contributed by atoms with van der Waals surface area (Å²) in [6.45, 7) is 1.88. The number of aromatic nitrogens is 7. The number of rotatable bonds is 6. The summed E-state index contributed by atoms with van der Waals surface area (Å²) in [5.74, 6) is 0.336. The number of H-pyrrole nitrogens is 1. The lowest BCUT2D eigenvalue weighted by molar-refractivity contribution is 0.752. The minimum Gasteiger partial charge on any atom is -0.361 e. The molecule has 210 valence electrons. The number of nitrogens with zero attached hydrogens (tertiary/aromatic N) is 6. The molecule has 0 radical (unpaired) electrons. The smallest absolute Gasteiger partial charge is 0.263 e. The average molecular weight is 587 g/mol. The van der Waals surface area contributed by atoms with Crippen LogP contribution in [0.3, 0.4) is 0 Å². The summed E-state index contributed by atoms with van der Waals surface area (Å²) < 4.78 is 1.63. The van der Waals surface area contributed by atoms with E-state index in [2.05, 4.69) is 30.5 Å². The van der Waals surface area contributed by atoms with Gasteiger partial charge in [0.25, 0.3) is 5.56 Å². The highest BCUT2D eigenvalue weighted by Gasteiger charge is 2.24. The number of pyridine rings is 2. The van der Waals surface area contributed by atoms with Gasteiger partial charge in [0, 0.05) is 23.3 Å². The van der Waals surface area contributed by atoms with Crippen LogP contribution in [-0.4, -0.2) is 34.5 Å². The first-order valence-corrected chi connectivity index (χ1v) is 13.9. The first-order valence-electron chi connectivity index (χ1n) is 13.5. The van der Waals surface area contributed by atoms with Crippen LogP contribution in [0.2, 0.25) is 5.02 Å². The second kappa shape index (κ2) is 10.7. The number of nitrogens with one attached hydrogen (secondary N) is 2. The standard InChI is InChI=1S/C32H23ClN8O2/c1-19(39-31-27-25(42)14-15-34-30(27)35-18-36-31)29-28(33)24-9-5-8-23(20-10-12-22(13-11-20)41-37-16-17-38-41)26(24)32(43)40(29)21-6-3-2-4-7-21/h2-19H,1H3,(H2,34,35,36,39,42)/t19-/m0/s1. The van der Waals surface area contributed by atoms with E-state index in [0.29, 0.717) is 44.0 Å². The number of hydrogen-bond acceptors (Lipinski definition) is 7. The molecule has 0 aliphatic carbocycles. The van der Waals surface area contributed by atoms with Crippen molar-refractivity contribution in [3.8, 4) is 22.5 Å². The number of fused-ring (bicyclic) bond motifs is 2. The topological polar surface area (TPSA) is 123 Å². The predicted molar refractivity (Wildman–Crippen MR) is 167 cm³/mol. The minimum atomic E-state index is -0.535. The van der Waals surface area contributed by atoms with Crippen LogP contribution >= 0.6 is 11.6 Å². The van der Waals surface area contributed by atoms with Crippen molar-refractivity contribution in [2.45, 2.75) is 13.0 Å². The van der Waals surface area contributed by atoms with Crippen LogP contribution in [-0.2, 0) is 0 Å². The van der Waals surface area contributed by atoms with Gasteiger partial charge in [-0.25, -0.2) is 9.97 Å². The highest BCUT2D eigenvalue weighted by molar-refractivity contribution is 6.36. The summed E-state index contributed by atoms with van der Waals surface area (Å²) in [7, 11) is 0. The Morgan fingerprint density at radius 2 is 1.60 bits per heavy atom. The molecule has 10 nitrogen and oxygen atoms in total. The molecule has 0 aliphatic heterocycles. The summed E-state index contributed by atoms with van der Waals surface area (Å²) >= 11 is 7.21. The number of benzene rings is 3. The Balaban J connectivity index is 1.43. The molecule has 7 rings (SSSR count). The fourth-order valence-corrected chi connectivity index (χ4v) is 5.80. The fraction of sp³-hybridized carbons (Fsp3) is 0.0625. The molecule has 2 N–H and O–H groups in total. The zero-order chi connectivity index (χ0) is 29.5. The van der Waals surface area contributed by atoms with Gasteiger partial charge in [0.2, 0.25) is 0 Å². The Morgan fingerprint density at radius 1 is 0.837 bits per heavy atom. The van der Waals surface area contributed by atoms with Crippen molar-refractivity contribution in [1.82, 2.24) is 34.5 Å². The molecule has 4 aromatic heterocycles. The average Bonchev–Trinajstić information content (AvgIpc) is 3.58. The number of hydrogen-bond donors (Lipinski definition) is 2. The van der Waals surface area contributed by atoms with E-state index >= 15 is 0 Å². The number of aromatic amines is 1. The van der Waals surface area contributed by atoms with Gasteiger partial charge in [-0.15, -0.1) is 0 Å². The Hall–Kier alpha value is -5.61. The SMILES string of the molecule is C[C@H](Nc1ncnc2[nH]ccc(=O)c12)c1c(Cl)c2cccc(-c3ccc(-n4nccn4)cc3)c2c(=O)n1-c1ccccc1. The van der Waals surface area contributed by atoms with Gasteiger partial charge in [-0.1, -0.05) is 60.1 Å². The lowest BCUT2D eigenvalue weighted by Gasteiger charge is -2.24. The van der Waals surface area contributed by atoms with E-state index < -0.39 is 6.04 Å². The third kappa shape index (κ3) is 4.54. The summed E-state index contributed by atoms with van der Waals surface area (Å²) in [5, 5.41) is 13.5. The molecule has 0 spiro atoms. The molecule has 0 saturated heterocycles. The van der Waals surface area contributed by atoms with Crippen LogP contribution in [0.5, 0.6) is 0 Å². The van der Waals surface area contributed by atoms with Gasteiger partial charge >= 0.3 is 0 Å². The van der Waals surface area contributed by atoms with Crippen molar-refractivity contribution in [2.24, 2.45) is 0 Å². The van der Waals surface area contributed by atoms with E-state index in [-0.39, 0.29) is 11.0 Å². The molecule has 0 aliphatic rings. The Morgan fingerprint density at radius 3 is 2.37 bits per heavy atom. The first kappa shape index (κ1) is 26.3. The van der Waals surface area contributed by atoms with Crippen molar-refractivity contribution in [3.05, 3.63) is 135 Å². The molecule has 3 aromatic carbocycles. The van der Waals surface area contributed by atoms with Gasteiger partial charge in [0.15, 0.2) is 5.43 Å². The predicted octanol–water partition coefficient (Wildman–Crippen LogP) is 5.70. The van der Waals surface area contributed by atoms with Crippen molar-refractivity contribution < 1.29 is 0 Å². The van der Waals surface area contributed by atoms with Crippen LogP contribution < -0.4 is 16.3 Å². The molecule has 7 aromatic rings. The van der Waals surface area contributed by atoms with Gasteiger partial charge in [-0.05, 0) is 42.3 Å². The molecule has 11 heteroatoms. The molecule has 1 atom stereocenters. The maximum Gasteiger partial charge on any atom is 0.263 e. The maximum absolute atomic E-state index is 14.5. The van der Waals surface area contributed by atoms with Crippen LogP contribution in [0.25, 0.3) is 44.3 Å². The summed E-state index contributed by atoms with van der Waals surface area (Å²) in [4.78, 5) is 40.3. The molecule has 0 amide bonds. The second-order valence-electron chi connectivity index (χ2n) is 9.92. The highest BCUT2D eigenvalue weighted by atomic mass is 35.5. The quantitative estimate of drug-likeness (QED) is 0.256. The van der Waals surface area contributed by atoms with E-state index in [1.165, 1.54) is 23.4 Å². The normalized spacial score (nSPS) is 12.0. The monoisotopic (exact) mass is 586 g/mol. The van der Waals surface area contributed by atoms with E-state index in [9.17, 15) is 9.59 Å². The molecule has 0 unspecified atom stereocenters. The van der Waals surface area contributed by atoms with E-state index in [1.807, 2.05) is 79.7 Å². The number of anilines is 1. The number of halogens is 1. The van der Waals surface area contributed by atoms with E-state index in [0.717, 1.165) is 16.8 Å². The third-order valence-corrected chi connectivity index (χ3v) is 7.74. The summed E-state index contributed by atoms with van der Waals surface area (Å²) in [5.41, 5.74) is 3.52. The van der Waals surface area contributed by atoms with Gasteiger partial charge in [0.05, 0.1) is 40.2 Å². The molecule has 4 heterocycles. The lowest BCUT2D eigenvalue weighted by atomic mass is 9.97. The molecule has 0 fully saturated rings. The third-order valence-electron chi connectivity index (χ3n) is 7.34. The van der Waals surface area contributed by atoms with Crippen LogP contribution in [0.1, 0.15) is 18.7 Å². The second-order valence-corrected chi connectivity index (χ2v) is 10.3. The van der Waals surface area contributed by atoms with Crippen LogP contribution in [0.4, 0.5) is 5.82 Å². The lowest BCUT2D eigenvalue weighted by Crippen LogP contribution is -2.27. The van der Waals surface area contributed by atoms with Crippen molar-refractivity contribution in [1.29, 1.82) is 0 Å². The zero-order valence-corrected chi connectivity index (χ0v) is 23.5. The first-order chi connectivity index (χ1) is 21.0. The van der Waals surface area contributed by atoms with Gasteiger partial charge in [-0.3, -0.25) is 14.2 Å². The largest absolute Gasteiger partial charge is 0.361 e. The van der Waals surface area contributed by atoms with Gasteiger partial charge in [-0.2, -0.15) is 15.0 Å². The Kier molecular flexibility index (Phi) is 6.52. The molecule has 43 heavy (non-hydrogen) atoms. The van der Waals surface area contributed by atoms with Crippen LogP contribution in [0.15, 0.2) is 113 Å². The molecule has 0 saturated carbocycles. The molecular weight excluding hydrogens is 564 g/mol. The summed E-state index contributed by atoms with van der Waals surface area (Å²) in [6.07, 6.45) is 6.15. The summed E-state index contributed by atoms with van der Waals surface area (Å²) in [6, 6.07) is 23.6. The highest BCUT2D eigenvalue weighted by Crippen LogP contribution is 2.36. The molecular formula is C32H23ClN8O2. The van der Waals surface area contributed by atoms with Crippen molar-refractivity contribution in [2.75, 3.05) is 5.32 Å². The zero-order valence-electron chi connectivity index (χ0n) is 22.8. The van der Waals surface area contributed by atoms with Gasteiger partial charge in [0.1, 0.15) is 23.2 Å². The van der Waals surface area contributed by atoms with E-state index in [4.69, 9.17) is 11.6 Å². The Labute approximate surface area is 249 Å². The van der Waals surface area contributed by atoms with Crippen LogP contribution in [0, 0.1) is 0 Å². The minimum absolute atomic E-state index is 0.229. The molecule has 0 bridgehead atoms. The number of para-hydroxylation sites is 1. The maximum atomic E-state index is 14.5. The fourth-order valence-electron chi connectivity index (χ4n) is 5.39. The Bertz CT molecular complexity index is 2220. The van der Waals surface area contributed by atoms with E-state index in [1.54, 1.807) is 17.0 Å². The van der Waals surface area contributed by atoms with Crippen molar-refractivity contribution >= 4 is 39.2 Å². The van der Waals surface area contributed by atoms with Crippen molar-refractivity contribution in [3.63, 3.8) is 0 Å².